The van der Waals surface area contributed by atoms with Crippen LogP contribution in [0.15, 0.2) is 35.2 Å². The smallest absolute Gasteiger partial charge is 0.337 e. The van der Waals surface area contributed by atoms with Crippen molar-refractivity contribution in [3.05, 3.63) is 57.1 Å². The van der Waals surface area contributed by atoms with Gasteiger partial charge in [0.05, 0.1) is 15.6 Å². The predicted molar refractivity (Wildman–Crippen MR) is 90.1 cm³/mol. The van der Waals surface area contributed by atoms with Gasteiger partial charge in [0.1, 0.15) is 4.90 Å². The van der Waals surface area contributed by atoms with E-state index in [1.54, 1.807) is 18.2 Å². The summed E-state index contributed by atoms with van der Waals surface area (Å²) < 4.78 is 27.3. The number of aromatic carboxylic acids is 1. The Kier molecular flexibility index (Phi) is 4.89. The third kappa shape index (κ3) is 3.77. The number of anilines is 1. The summed E-state index contributed by atoms with van der Waals surface area (Å²) in [6, 6.07) is 7.11. The molecule has 0 fully saturated rings. The molecule has 122 valence electrons. The summed E-state index contributed by atoms with van der Waals surface area (Å²) in [5, 5.41) is 8.77. The zero-order valence-corrected chi connectivity index (χ0v) is 14.6. The summed E-state index contributed by atoms with van der Waals surface area (Å²) in [4.78, 5) is 10.8. The molecule has 2 N–H and O–H groups in total. The van der Waals surface area contributed by atoms with Crippen LogP contribution in [0.3, 0.4) is 0 Å². The van der Waals surface area contributed by atoms with Crippen molar-refractivity contribution < 1.29 is 18.3 Å². The highest BCUT2D eigenvalue weighted by Gasteiger charge is 2.22. The highest BCUT2D eigenvalue weighted by molar-refractivity contribution is 7.92. The van der Waals surface area contributed by atoms with Gasteiger partial charge in [0.25, 0.3) is 10.0 Å². The monoisotopic (exact) mass is 373 g/mol. The standard InChI is InChI=1S/C15H13Cl2NO4S/c1-8-3-4-10(5-9(8)2)18-23(21,22)14-6-11(15(19)20)12(16)7-13(14)17/h3-7,18H,1-2H3,(H,19,20). The average molecular weight is 374 g/mol. The summed E-state index contributed by atoms with van der Waals surface area (Å²) in [7, 11) is -4.05. The minimum absolute atomic E-state index is 0.132. The van der Waals surface area contributed by atoms with Crippen LogP contribution in [0.1, 0.15) is 21.5 Å². The van der Waals surface area contributed by atoms with E-state index in [1.807, 2.05) is 13.8 Å². The molecule has 0 unspecified atom stereocenters. The van der Waals surface area contributed by atoms with Gasteiger partial charge in [-0.3, -0.25) is 4.72 Å². The van der Waals surface area contributed by atoms with Crippen LogP contribution in [-0.4, -0.2) is 19.5 Å². The van der Waals surface area contributed by atoms with Crippen molar-refractivity contribution in [2.45, 2.75) is 18.7 Å². The van der Waals surface area contributed by atoms with Gasteiger partial charge in [0, 0.05) is 5.69 Å². The van der Waals surface area contributed by atoms with Crippen molar-refractivity contribution in [2.75, 3.05) is 4.72 Å². The number of nitrogens with one attached hydrogen (secondary N) is 1. The number of sulfonamides is 1. The molecule has 0 atom stereocenters. The van der Waals surface area contributed by atoms with E-state index in [1.165, 1.54) is 0 Å². The third-order valence-corrected chi connectivity index (χ3v) is 5.46. The fourth-order valence-electron chi connectivity index (χ4n) is 1.91. The Hall–Kier alpha value is -1.76. The first-order valence-corrected chi connectivity index (χ1v) is 8.68. The fraction of sp³-hybridized carbons (Fsp3) is 0.133. The third-order valence-electron chi connectivity index (χ3n) is 3.30. The molecule has 0 aliphatic rings. The molecule has 0 saturated carbocycles. The van der Waals surface area contributed by atoms with E-state index in [9.17, 15) is 13.2 Å². The van der Waals surface area contributed by atoms with Crippen LogP contribution in [0, 0.1) is 13.8 Å². The summed E-state index contributed by atoms with van der Waals surface area (Å²) in [6.07, 6.45) is 0. The van der Waals surface area contributed by atoms with Gasteiger partial charge >= 0.3 is 5.97 Å². The fourth-order valence-corrected chi connectivity index (χ4v) is 3.82. The van der Waals surface area contributed by atoms with Crippen LogP contribution in [0.5, 0.6) is 0 Å². The summed E-state index contributed by atoms with van der Waals surface area (Å²) in [6.45, 7) is 3.76. The van der Waals surface area contributed by atoms with Gasteiger partial charge in [-0.2, -0.15) is 0 Å². The number of rotatable bonds is 4. The number of carbonyl (C=O) groups is 1. The van der Waals surface area contributed by atoms with Gasteiger partial charge in [-0.05, 0) is 49.2 Å². The normalized spacial score (nSPS) is 11.3. The Labute approximate surface area is 143 Å². The van der Waals surface area contributed by atoms with Gasteiger partial charge in [-0.15, -0.1) is 0 Å². The van der Waals surface area contributed by atoms with Gasteiger partial charge in [0.15, 0.2) is 0 Å². The van der Waals surface area contributed by atoms with E-state index in [2.05, 4.69) is 4.72 Å². The van der Waals surface area contributed by atoms with Crippen LogP contribution in [0.4, 0.5) is 5.69 Å². The zero-order chi connectivity index (χ0) is 17.4. The first kappa shape index (κ1) is 17.6. The van der Waals surface area contributed by atoms with Crippen molar-refractivity contribution in [3.8, 4) is 0 Å². The van der Waals surface area contributed by atoms with Crippen LogP contribution >= 0.6 is 23.2 Å². The molecule has 0 heterocycles. The molecular formula is C15H13Cl2NO4S. The molecule has 0 aliphatic carbocycles. The second-order valence-electron chi connectivity index (χ2n) is 4.97. The number of carboxylic acid groups (broad SMARTS) is 1. The Morgan fingerprint density at radius 3 is 2.26 bits per heavy atom. The van der Waals surface area contributed by atoms with Crippen molar-refractivity contribution in [1.82, 2.24) is 0 Å². The highest BCUT2D eigenvalue weighted by atomic mass is 35.5. The average Bonchev–Trinajstić information content (AvgIpc) is 2.41. The molecule has 0 aliphatic heterocycles. The molecule has 23 heavy (non-hydrogen) atoms. The maximum Gasteiger partial charge on any atom is 0.337 e. The maximum atomic E-state index is 12.5. The van der Waals surface area contributed by atoms with E-state index in [0.717, 1.165) is 23.3 Å². The van der Waals surface area contributed by atoms with Gasteiger partial charge in [-0.1, -0.05) is 29.3 Å². The lowest BCUT2D eigenvalue weighted by Crippen LogP contribution is -2.15. The second-order valence-corrected chi connectivity index (χ2v) is 7.44. The van der Waals surface area contributed by atoms with Gasteiger partial charge < -0.3 is 5.11 Å². The number of hydrogen-bond acceptors (Lipinski definition) is 3. The summed E-state index contributed by atoms with van der Waals surface area (Å²) in [5.74, 6) is -1.34. The SMILES string of the molecule is Cc1ccc(NS(=O)(=O)c2cc(C(=O)O)c(Cl)cc2Cl)cc1C. The molecule has 8 heteroatoms. The van der Waals surface area contributed by atoms with Gasteiger partial charge in [-0.25, -0.2) is 13.2 Å². The molecular weight excluding hydrogens is 361 g/mol. The lowest BCUT2D eigenvalue weighted by molar-refractivity contribution is 0.0697. The van der Waals surface area contributed by atoms with Crippen molar-refractivity contribution >= 4 is 44.9 Å². The number of hydrogen-bond donors (Lipinski definition) is 2. The largest absolute Gasteiger partial charge is 0.478 e. The van der Waals surface area contributed by atoms with E-state index >= 15 is 0 Å². The number of carboxylic acids is 1. The lowest BCUT2D eigenvalue weighted by Gasteiger charge is -2.12. The molecule has 5 nitrogen and oxygen atoms in total. The first-order chi connectivity index (χ1) is 10.6. The zero-order valence-electron chi connectivity index (χ0n) is 12.2. The minimum Gasteiger partial charge on any atom is -0.478 e. The molecule has 2 aromatic rings. The highest BCUT2D eigenvalue weighted by Crippen LogP contribution is 2.30. The molecule has 0 aromatic heterocycles. The first-order valence-electron chi connectivity index (χ1n) is 6.44. The van der Waals surface area contributed by atoms with Crippen LogP contribution in [0.25, 0.3) is 0 Å². The predicted octanol–water partition coefficient (Wildman–Crippen LogP) is 4.11. The minimum atomic E-state index is -4.05. The Bertz CT molecular complexity index is 895. The van der Waals surface area contributed by atoms with Crippen molar-refractivity contribution in [3.63, 3.8) is 0 Å². The number of halogens is 2. The van der Waals surface area contributed by atoms with E-state index < -0.39 is 16.0 Å². The number of benzene rings is 2. The molecule has 0 amide bonds. The van der Waals surface area contributed by atoms with E-state index in [0.29, 0.717) is 5.69 Å². The maximum absolute atomic E-state index is 12.5. The second kappa shape index (κ2) is 6.39. The number of aryl methyl sites for hydroxylation is 2. The van der Waals surface area contributed by atoms with Crippen LogP contribution < -0.4 is 4.72 Å². The summed E-state index contributed by atoms with van der Waals surface area (Å²) in [5.41, 5.74) is 1.96. The van der Waals surface area contributed by atoms with Crippen molar-refractivity contribution in [1.29, 1.82) is 0 Å². The van der Waals surface area contributed by atoms with Crippen LogP contribution in [-0.2, 0) is 10.0 Å². The molecule has 2 aromatic carbocycles. The van der Waals surface area contributed by atoms with Crippen molar-refractivity contribution in [2.24, 2.45) is 0 Å². The summed E-state index contributed by atoms with van der Waals surface area (Å²) >= 11 is 11.7. The molecule has 0 saturated heterocycles. The molecule has 0 radical (unpaired) electrons. The lowest BCUT2D eigenvalue weighted by atomic mass is 10.1. The topological polar surface area (TPSA) is 83.5 Å². The van der Waals surface area contributed by atoms with E-state index in [4.69, 9.17) is 28.3 Å². The Balaban J connectivity index is 2.49. The van der Waals surface area contributed by atoms with Crippen LogP contribution in [0.2, 0.25) is 10.0 Å². The Morgan fingerprint density at radius 1 is 1.04 bits per heavy atom. The molecule has 2 rings (SSSR count). The van der Waals surface area contributed by atoms with E-state index in [-0.39, 0.29) is 20.5 Å². The Morgan fingerprint density at radius 2 is 1.70 bits per heavy atom. The molecule has 0 spiro atoms. The molecule has 0 bridgehead atoms. The quantitative estimate of drug-likeness (QED) is 0.844. The van der Waals surface area contributed by atoms with Gasteiger partial charge in [0.2, 0.25) is 0 Å².